The molecule has 1 aliphatic rings. The molecule has 1 heterocycles. The van der Waals surface area contributed by atoms with Gasteiger partial charge in [-0.05, 0) is 30.8 Å². The van der Waals surface area contributed by atoms with Gasteiger partial charge in [0.1, 0.15) is 0 Å². The number of rotatable bonds is 4. The molecule has 5 heteroatoms. The van der Waals surface area contributed by atoms with Crippen molar-refractivity contribution < 1.29 is 4.90 Å². The van der Waals surface area contributed by atoms with Crippen molar-refractivity contribution in [2.75, 3.05) is 58.3 Å². The summed E-state index contributed by atoms with van der Waals surface area (Å²) in [6, 6.07) is 8.60. The van der Waals surface area contributed by atoms with Gasteiger partial charge >= 0.3 is 0 Å². The Labute approximate surface area is 133 Å². The third-order valence-electron chi connectivity index (χ3n) is 3.92. The number of aryl methyl sites for hydroxylation is 1. The first kappa shape index (κ1) is 16.0. The Bertz CT molecular complexity index is 467. The average molecular weight is 307 g/mol. The van der Waals surface area contributed by atoms with E-state index in [0.29, 0.717) is 0 Å². The van der Waals surface area contributed by atoms with E-state index in [2.05, 4.69) is 60.4 Å². The van der Waals surface area contributed by atoms with Crippen LogP contribution in [0.2, 0.25) is 0 Å². The summed E-state index contributed by atoms with van der Waals surface area (Å²) >= 11 is 5.49. The first-order valence-electron chi connectivity index (χ1n) is 7.70. The Morgan fingerprint density at radius 2 is 1.86 bits per heavy atom. The number of nitrogens with zero attached hydrogens (tertiary/aromatic N) is 2. The van der Waals surface area contributed by atoms with Gasteiger partial charge in [-0.3, -0.25) is 0 Å². The average Bonchev–Trinajstić information content (AvgIpc) is 2.47. The van der Waals surface area contributed by atoms with Gasteiger partial charge in [0.25, 0.3) is 0 Å². The zero-order chi connectivity index (χ0) is 15.2. The molecule has 0 saturated carbocycles. The number of piperazine rings is 1. The number of quaternary nitrogens is 1. The summed E-state index contributed by atoms with van der Waals surface area (Å²) in [6.07, 6.45) is 0. The minimum atomic E-state index is 0.903. The van der Waals surface area contributed by atoms with Crippen molar-refractivity contribution in [3.05, 3.63) is 29.8 Å². The van der Waals surface area contributed by atoms with Gasteiger partial charge in [0.15, 0.2) is 5.11 Å². The lowest BCUT2D eigenvalue weighted by molar-refractivity contribution is -0.856. The Kier molecular flexibility index (Phi) is 5.82. The summed E-state index contributed by atoms with van der Waals surface area (Å²) < 4.78 is 0. The number of anilines is 1. The molecule has 0 bridgehead atoms. The van der Waals surface area contributed by atoms with E-state index in [4.69, 9.17) is 12.2 Å². The van der Waals surface area contributed by atoms with Gasteiger partial charge in [-0.2, -0.15) is 0 Å². The van der Waals surface area contributed by atoms with Gasteiger partial charge in [-0.1, -0.05) is 18.2 Å². The molecule has 116 valence electrons. The maximum Gasteiger partial charge on any atom is 0.169 e. The van der Waals surface area contributed by atoms with Gasteiger partial charge in [0.2, 0.25) is 0 Å². The molecule has 1 fully saturated rings. The van der Waals surface area contributed by atoms with E-state index in [1.54, 1.807) is 0 Å². The van der Waals surface area contributed by atoms with Crippen LogP contribution in [-0.2, 0) is 0 Å². The molecule has 0 aliphatic carbocycles. The Morgan fingerprint density at radius 3 is 2.48 bits per heavy atom. The monoisotopic (exact) mass is 307 g/mol. The van der Waals surface area contributed by atoms with E-state index in [9.17, 15) is 0 Å². The van der Waals surface area contributed by atoms with Crippen LogP contribution in [0.4, 0.5) is 5.69 Å². The predicted molar refractivity (Wildman–Crippen MR) is 93.2 cm³/mol. The quantitative estimate of drug-likeness (QED) is 0.772. The topological polar surface area (TPSA) is 22.9 Å². The number of hydrogen-bond donors (Lipinski definition) is 2. The molecule has 0 aromatic heterocycles. The predicted octanol–water partition coefficient (Wildman–Crippen LogP) is 0.136. The van der Waals surface area contributed by atoms with Gasteiger partial charge < -0.3 is 20.0 Å². The van der Waals surface area contributed by atoms with Crippen molar-refractivity contribution >= 4 is 23.0 Å². The van der Waals surface area contributed by atoms with Gasteiger partial charge in [-0.25, -0.2) is 0 Å². The van der Waals surface area contributed by atoms with Crippen molar-refractivity contribution in [2.24, 2.45) is 0 Å². The molecule has 2 rings (SSSR count). The zero-order valence-corrected chi connectivity index (χ0v) is 14.2. The SMILES string of the molecule is Cc1ccccc1N1CCN(C(=S)NCC[NH+](C)C)CC1. The Morgan fingerprint density at radius 1 is 1.19 bits per heavy atom. The number of para-hydroxylation sites is 1. The highest BCUT2D eigenvalue weighted by molar-refractivity contribution is 7.80. The molecular weight excluding hydrogens is 280 g/mol. The van der Waals surface area contributed by atoms with E-state index >= 15 is 0 Å². The summed E-state index contributed by atoms with van der Waals surface area (Å²) in [6.45, 7) is 8.27. The first-order valence-corrected chi connectivity index (χ1v) is 8.11. The summed E-state index contributed by atoms with van der Waals surface area (Å²) in [5.74, 6) is 0. The minimum absolute atomic E-state index is 0.903. The summed E-state index contributed by atoms with van der Waals surface area (Å²) in [7, 11) is 4.32. The second kappa shape index (κ2) is 7.61. The van der Waals surface area contributed by atoms with E-state index in [-0.39, 0.29) is 0 Å². The molecule has 0 amide bonds. The van der Waals surface area contributed by atoms with Crippen molar-refractivity contribution in [2.45, 2.75) is 6.92 Å². The van der Waals surface area contributed by atoms with Crippen LogP contribution in [0.15, 0.2) is 24.3 Å². The summed E-state index contributed by atoms with van der Waals surface area (Å²) in [5, 5.41) is 4.27. The molecule has 1 aromatic rings. The fourth-order valence-corrected chi connectivity index (χ4v) is 2.88. The fourth-order valence-electron chi connectivity index (χ4n) is 2.60. The minimum Gasteiger partial charge on any atom is -0.368 e. The number of thiocarbonyl (C=S) groups is 1. The van der Waals surface area contributed by atoms with Crippen molar-refractivity contribution in [3.63, 3.8) is 0 Å². The number of benzene rings is 1. The van der Waals surface area contributed by atoms with E-state index < -0.39 is 0 Å². The Balaban J connectivity index is 1.80. The molecule has 0 atom stereocenters. The number of nitrogens with one attached hydrogen (secondary N) is 2. The Hall–Kier alpha value is -1.33. The molecule has 4 nitrogen and oxygen atoms in total. The number of hydrogen-bond acceptors (Lipinski definition) is 2. The molecule has 1 aromatic carbocycles. The third kappa shape index (κ3) is 4.58. The van der Waals surface area contributed by atoms with Crippen LogP contribution in [0.5, 0.6) is 0 Å². The normalized spacial score (nSPS) is 15.4. The van der Waals surface area contributed by atoms with Crippen LogP contribution in [0, 0.1) is 6.92 Å². The van der Waals surface area contributed by atoms with Crippen LogP contribution in [0.3, 0.4) is 0 Å². The lowest BCUT2D eigenvalue weighted by Gasteiger charge is -2.38. The van der Waals surface area contributed by atoms with Crippen molar-refractivity contribution in [1.82, 2.24) is 10.2 Å². The molecule has 0 spiro atoms. The van der Waals surface area contributed by atoms with Crippen LogP contribution in [0.1, 0.15) is 5.56 Å². The lowest BCUT2D eigenvalue weighted by atomic mass is 10.1. The highest BCUT2D eigenvalue weighted by atomic mass is 32.1. The lowest BCUT2D eigenvalue weighted by Crippen LogP contribution is -3.06. The first-order chi connectivity index (χ1) is 10.1. The standard InChI is InChI=1S/C16H26N4S/c1-14-6-4-5-7-15(14)19-10-12-20(13-11-19)16(21)17-8-9-18(2)3/h4-7H,8-13H2,1-3H3,(H,17,21)/p+1. The molecular formula is C16H27N4S+. The van der Waals surface area contributed by atoms with Crippen LogP contribution in [-0.4, -0.2) is 63.4 Å². The summed E-state index contributed by atoms with van der Waals surface area (Å²) in [5.41, 5.74) is 2.70. The van der Waals surface area contributed by atoms with Gasteiger partial charge in [0.05, 0.1) is 27.2 Å². The maximum absolute atomic E-state index is 5.49. The van der Waals surface area contributed by atoms with Crippen molar-refractivity contribution in [1.29, 1.82) is 0 Å². The van der Waals surface area contributed by atoms with Crippen molar-refractivity contribution in [3.8, 4) is 0 Å². The van der Waals surface area contributed by atoms with E-state index in [1.165, 1.54) is 16.2 Å². The maximum atomic E-state index is 5.49. The molecule has 21 heavy (non-hydrogen) atoms. The van der Waals surface area contributed by atoms with Crippen LogP contribution in [0.25, 0.3) is 0 Å². The molecule has 2 N–H and O–H groups in total. The van der Waals surface area contributed by atoms with Crippen LogP contribution >= 0.6 is 12.2 Å². The molecule has 1 saturated heterocycles. The van der Waals surface area contributed by atoms with E-state index in [1.807, 2.05) is 0 Å². The highest BCUT2D eigenvalue weighted by Gasteiger charge is 2.19. The van der Waals surface area contributed by atoms with Gasteiger partial charge in [-0.15, -0.1) is 0 Å². The smallest absolute Gasteiger partial charge is 0.169 e. The van der Waals surface area contributed by atoms with Gasteiger partial charge in [0, 0.05) is 31.9 Å². The second-order valence-corrected chi connectivity index (χ2v) is 6.34. The third-order valence-corrected chi connectivity index (χ3v) is 4.33. The second-order valence-electron chi connectivity index (χ2n) is 5.95. The number of likely N-dealkylation sites (N-methyl/N-ethyl adjacent to an activating group) is 1. The summed E-state index contributed by atoms with van der Waals surface area (Å²) in [4.78, 5) is 6.18. The fraction of sp³-hybridized carbons (Fsp3) is 0.562. The molecule has 1 aliphatic heterocycles. The van der Waals surface area contributed by atoms with E-state index in [0.717, 1.165) is 44.4 Å². The highest BCUT2D eigenvalue weighted by Crippen LogP contribution is 2.20. The molecule has 0 radical (unpaired) electrons. The molecule has 0 unspecified atom stereocenters. The largest absolute Gasteiger partial charge is 0.368 e. The zero-order valence-electron chi connectivity index (χ0n) is 13.4. The van der Waals surface area contributed by atoms with Crippen LogP contribution < -0.4 is 15.1 Å².